The highest BCUT2D eigenvalue weighted by molar-refractivity contribution is 6.30. The van der Waals surface area contributed by atoms with Crippen LogP contribution in [0.25, 0.3) is 0 Å². The Morgan fingerprint density at radius 2 is 1.67 bits per heavy atom. The van der Waals surface area contributed by atoms with Crippen molar-refractivity contribution in [2.45, 2.75) is 6.92 Å². The molecule has 1 aliphatic rings. The normalized spacial score (nSPS) is 14.3. The van der Waals surface area contributed by atoms with E-state index >= 15 is 0 Å². The topological polar surface area (TPSA) is 44.3 Å². The van der Waals surface area contributed by atoms with Crippen molar-refractivity contribution in [2.24, 2.45) is 0 Å². The van der Waals surface area contributed by atoms with Crippen molar-refractivity contribution in [2.75, 3.05) is 41.3 Å². The molecule has 1 fully saturated rings. The number of halogens is 1. The number of aromatic nitrogens is 2. The Kier molecular flexibility index (Phi) is 5.12. The van der Waals surface area contributed by atoms with Crippen LogP contribution in [0.15, 0.2) is 60.8 Å². The van der Waals surface area contributed by atoms with Crippen LogP contribution in [0.1, 0.15) is 5.56 Å². The summed E-state index contributed by atoms with van der Waals surface area (Å²) >= 11 is 6.12. The summed E-state index contributed by atoms with van der Waals surface area (Å²) in [6.07, 6.45) is 1.81. The van der Waals surface area contributed by atoms with E-state index in [4.69, 9.17) is 16.6 Å². The predicted octanol–water partition coefficient (Wildman–Crippen LogP) is 4.51. The zero-order valence-electron chi connectivity index (χ0n) is 15.3. The van der Waals surface area contributed by atoms with Crippen LogP contribution in [0.2, 0.25) is 5.02 Å². The van der Waals surface area contributed by atoms with Gasteiger partial charge in [0.15, 0.2) is 0 Å². The first kappa shape index (κ1) is 17.6. The fourth-order valence-electron chi connectivity index (χ4n) is 3.19. The number of aryl methyl sites for hydroxylation is 1. The molecule has 2 aromatic carbocycles. The van der Waals surface area contributed by atoms with Crippen LogP contribution in [-0.4, -0.2) is 36.1 Å². The molecule has 5 nitrogen and oxygen atoms in total. The molecule has 0 atom stereocenters. The van der Waals surface area contributed by atoms with E-state index in [1.165, 1.54) is 5.56 Å². The van der Waals surface area contributed by atoms with Crippen LogP contribution in [0.5, 0.6) is 0 Å². The van der Waals surface area contributed by atoms with Gasteiger partial charge < -0.3 is 15.1 Å². The van der Waals surface area contributed by atoms with Gasteiger partial charge in [-0.2, -0.15) is 4.98 Å². The van der Waals surface area contributed by atoms with Gasteiger partial charge in [-0.05, 0) is 43.3 Å². The zero-order valence-corrected chi connectivity index (χ0v) is 16.0. The number of nitrogens with one attached hydrogen (secondary N) is 1. The lowest BCUT2D eigenvalue weighted by atomic mass is 10.2. The first-order valence-corrected chi connectivity index (χ1v) is 9.47. The summed E-state index contributed by atoms with van der Waals surface area (Å²) in [6, 6.07) is 18.2. The SMILES string of the molecule is Cc1ccc(Nc2ccnc(N3CCN(c4cccc(Cl)c4)CC3)n2)cc1. The average molecular weight is 380 g/mol. The molecule has 0 saturated carbocycles. The van der Waals surface area contributed by atoms with Gasteiger partial charge in [0.05, 0.1) is 0 Å². The number of hydrogen-bond acceptors (Lipinski definition) is 5. The minimum atomic E-state index is 0.762. The molecular weight excluding hydrogens is 358 g/mol. The van der Waals surface area contributed by atoms with Gasteiger partial charge in [0.1, 0.15) is 5.82 Å². The van der Waals surface area contributed by atoms with Crippen molar-refractivity contribution in [1.82, 2.24) is 9.97 Å². The number of nitrogens with zero attached hydrogens (tertiary/aromatic N) is 4. The second kappa shape index (κ2) is 7.84. The van der Waals surface area contributed by atoms with Gasteiger partial charge in [0.2, 0.25) is 5.95 Å². The summed E-state index contributed by atoms with van der Waals surface area (Å²) in [6.45, 7) is 5.66. The largest absolute Gasteiger partial charge is 0.368 e. The van der Waals surface area contributed by atoms with E-state index < -0.39 is 0 Å². The van der Waals surface area contributed by atoms with Gasteiger partial charge in [-0.15, -0.1) is 0 Å². The first-order valence-electron chi connectivity index (χ1n) is 9.09. The standard InChI is InChI=1S/C21H22ClN5/c1-16-5-7-18(8-6-16)24-20-9-10-23-21(25-20)27-13-11-26(12-14-27)19-4-2-3-17(22)15-19/h2-10,15H,11-14H2,1H3,(H,23,24,25). The Balaban J connectivity index is 1.42. The number of rotatable bonds is 4. The maximum Gasteiger partial charge on any atom is 0.227 e. The number of piperazine rings is 1. The molecule has 4 rings (SSSR count). The van der Waals surface area contributed by atoms with E-state index in [1.54, 1.807) is 0 Å². The van der Waals surface area contributed by atoms with Crippen LogP contribution < -0.4 is 15.1 Å². The Labute approximate surface area is 164 Å². The Morgan fingerprint density at radius 1 is 0.926 bits per heavy atom. The van der Waals surface area contributed by atoms with Gasteiger partial charge >= 0.3 is 0 Å². The zero-order chi connectivity index (χ0) is 18.6. The monoisotopic (exact) mass is 379 g/mol. The lowest BCUT2D eigenvalue weighted by molar-refractivity contribution is 0.640. The van der Waals surface area contributed by atoms with E-state index in [2.05, 4.69) is 57.4 Å². The smallest absolute Gasteiger partial charge is 0.227 e. The van der Waals surface area contributed by atoms with Crippen molar-refractivity contribution in [3.8, 4) is 0 Å². The quantitative estimate of drug-likeness (QED) is 0.722. The predicted molar refractivity (Wildman–Crippen MR) is 112 cm³/mol. The first-order chi connectivity index (χ1) is 13.2. The summed E-state index contributed by atoms with van der Waals surface area (Å²) in [7, 11) is 0. The van der Waals surface area contributed by atoms with Crippen LogP contribution in [0, 0.1) is 6.92 Å². The van der Waals surface area contributed by atoms with Gasteiger partial charge in [0.25, 0.3) is 0 Å². The highest BCUT2D eigenvalue weighted by atomic mass is 35.5. The third-order valence-electron chi connectivity index (χ3n) is 4.70. The van der Waals surface area contributed by atoms with Gasteiger partial charge in [-0.25, -0.2) is 4.98 Å². The second-order valence-corrected chi connectivity index (χ2v) is 7.12. The number of anilines is 4. The van der Waals surface area contributed by atoms with Crippen molar-refractivity contribution in [3.63, 3.8) is 0 Å². The van der Waals surface area contributed by atoms with Crippen molar-refractivity contribution >= 4 is 34.7 Å². The number of benzene rings is 2. The minimum absolute atomic E-state index is 0.762. The lowest BCUT2D eigenvalue weighted by Crippen LogP contribution is -2.47. The fraction of sp³-hybridized carbons (Fsp3) is 0.238. The third-order valence-corrected chi connectivity index (χ3v) is 4.94. The number of hydrogen-bond donors (Lipinski definition) is 1. The van der Waals surface area contributed by atoms with Crippen molar-refractivity contribution in [3.05, 3.63) is 71.4 Å². The molecule has 27 heavy (non-hydrogen) atoms. The molecule has 6 heteroatoms. The second-order valence-electron chi connectivity index (χ2n) is 6.69. The minimum Gasteiger partial charge on any atom is -0.368 e. The molecule has 138 valence electrons. The molecule has 1 aromatic heterocycles. The summed E-state index contributed by atoms with van der Waals surface area (Å²) in [5.41, 5.74) is 3.43. The summed E-state index contributed by atoms with van der Waals surface area (Å²) in [4.78, 5) is 13.7. The Hall–Kier alpha value is -2.79. The summed E-state index contributed by atoms with van der Waals surface area (Å²) < 4.78 is 0. The fourth-order valence-corrected chi connectivity index (χ4v) is 3.38. The van der Waals surface area contributed by atoms with Crippen molar-refractivity contribution < 1.29 is 0 Å². The molecule has 1 aliphatic heterocycles. The van der Waals surface area contributed by atoms with Crippen LogP contribution in [0.3, 0.4) is 0 Å². The maximum absolute atomic E-state index is 6.12. The van der Waals surface area contributed by atoms with E-state index in [9.17, 15) is 0 Å². The highest BCUT2D eigenvalue weighted by Gasteiger charge is 2.19. The Bertz CT molecular complexity index is 904. The molecule has 0 amide bonds. The average Bonchev–Trinajstić information content (AvgIpc) is 2.70. The van der Waals surface area contributed by atoms with Gasteiger partial charge in [0, 0.05) is 48.8 Å². The molecule has 0 aliphatic carbocycles. The van der Waals surface area contributed by atoms with E-state index in [0.29, 0.717) is 0 Å². The molecule has 0 radical (unpaired) electrons. The van der Waals surface area contributed by atoms with Crippen LogP contribution in [0.4, 0.5) is 23.1 Å². The third kappa shape index (κ3) is 4.31. The van der Waals surface area contributed by atoms with E-state index in [-0.39, 0.29) is 0 Å². The van der Waals surface area contributed by atoms with E-state index in [1.807, 2.05) is 30.5 Å². The highest BCUT2D eigenvalue weighted by Crippen LogP contribution is 2.22. The van der Waals surface area contributed by atoms with Gasteiger partial charge in [-0.1, -0.05) is 35.4 Å². The molecule has 0 spiro atoms. The molecule has 1 N–H and O–H groups in total. The molecular formula is C21H22ClN5. The maximum atomic E-state index is 6.12. The Morgan fingerprint density at radius 3 is 2.41 bits per heavy atom. The van der Waals surface area contributed by atoms with Crippen LogP contribution >= 0.6 is 11.6 Å². The summed E-state index contributed by atoms with van der Waals surface area (Å²) in [5.74, 6) is 1.57. The van der Waals surface area contributed by atoms with Crippen molar-refractivity contribution in [1.29, 1.82) is 0 Å². The van der Waals surface area contributed by atoms with E-state index in [0.717, 1.165) is 54.3 Å². The summed E-state index contributed by atoms with van der Waals surface area (Å²) in [5, 5.41) is 4.12. The van der Waals surface area contributed by atoms with Crippen LogP contribution in [-0.2, 0) is 0 Å². The lowest BCUT2D eigenvalue weighted by Gasteiger charge is -2.36. The molecule has 2 heterocycles. The molecule has 0 unspecified atom stereocenters. The van der Waals surface area contributed by atoms with Gasteiger partial charge in [-0.3, -0.25) is 0 Å². The molecule has 3 aromatic rings. The molecule has 1 saturated heterocycles. The molecule has 0 bridgehead atoms.